The largest absolute Gasteiger partial charge is 0.462 e. The highest BCUT2D eigenvalue weighted by molar-refractivity contribution is 7.87. The van der Waals surface area contributed by atoms with E-state index in [-0.39, 0.29) is 19.1 Å². The molecule has 0 aromatic heterocycles. The Balaban J connectivity index is 1.60. The minimum Gasteiger partial charge on any atom is -0.462 e. The lowest BCUT2D eigenvalue weighted by atomic mass is 9.72. The first-order valence-corrected chi connectivity index (χ1v) is 11.4. The number of hydrogen-bond donors (Lipinski definition) is 0. The number of benzene rings is 2. The third-order valence-electron chi connectivity index (χ3n) is 4.88. The van der Waals surface area contributed by atoms with Gasteiger partial charge in [0.05, 0.1) is 30.4 Å². The monoisotopic (exact) mass is 452 g/mol. The van der Waals surface area contributed by atoms with Crippen LogP contribution in [0, 0.1) is 11.8 Å². The molecule has 0 spiro atoms. The van der Waals surface area contributed by atoms with E-state index in [1.807, 2.05) is 0 Å². The average molecular weight is 453 g/mol. The second-order valence-corrected chi connectivity index (χ2v) is 9.07. The van der Waals surface area contributed by atoms with Gasteiger partial charge in [-0.15, -0.1) is 11.6 Å². The fraction of sp³-hybridized carbons (Fsp3) is 0.333. The summed E-state index contributed by atoms with van der Waals surface area (Å²) in [5, 5.41) is -0.673. The molecule has 30 heavy (non-hydrogen) atoms. The standard InChI is InChI=1S/C21H21ClO7S/c22-14-30(25,26)29-19-11-17(12-27-20(23)15-7-3-1-4-8-15)18(19)13-28-21(24)16-9-5-2-6-10-16/h1-10,17-19H,11-14H2. The topological polar surface area (TPSA) is 96.0 Å². The molecule has 0 saturated heterocycles. The van der Waals surface area contributed by atoms with Gasteiger partial charge in [-0.3, -0.25) is 4.18 Å². The number of rotatable bonds is 9. The predicted molar refractivity (Wildman–Crippen MR) is 110 cm³/mol. The van der Waals surface area contributed by atoms with Crippen LogP contribution in [-0.2, 0) is 23.8 Å². The molecule has 160 valence electrons. The summed E-state index contributed by atoms with van der Waals surface area (Å²) >= 11 is 5.41. The Morgan fingerprint density at radius 3 is 1.87 bits per heavy atom. The van der Waals surface area contributed by atoms with E-state index in [9.17, 15) is 18.0 Å². The molecule has 1 saturated carbocycles. The maximum atomic E-state index is 12.2. The fourth-order valence-electron chi connectivity index (χ4n) is 3.19. The number of halogens is 1. The molecule has 9 heteroatoms. The lowest BCUT2D eigenvalue weighted by Crippen LogP contribution is -2.49. The summed E-state index contributed by atoms with van der Waals surface area (Å²) in [5.41, 5.74) is 0.802. The molecule has 3 atom stereocenters. The molecule has 0 radical (unpaired) electrons. The zero-order chi connectivity index (χ0) is 21.6. The Morgan fingerprint density at radius 2 is 1.37 bits per heavy atom. The number of hydrogen-bond acceptors (Lipinski definition) is 7. The number of carbonyl (C=O) groups excluding carboxylic acids is 2. The molecule has 3 rings (SSSR count). The van der Waals surface area contributed by atoms with Crippen molar-refractivity contribution < 1.29 is 31.7 Å². The van der Waals surface area contributed by atoms with Gasteiger partial charge < -0.3 is 9.47 Å². The minimum atomic E-state index is -3.88. The maximum absolute atomic E-state index is 12.2. The van der Waals surface area contributed by atoms with E-state index in [0.717, 1.165) is 0 Å². The highest BCUT2D eigenvalue weighted by Gasteiger charge is 2.45. The van der Waals surface area contributed by atoms with Gasteiger partial charge in [0, 0.05) is 11.8 Å². The first-order valence-electron chi connectivity index (χ1n) is 9.31. The Bertz CT molecular complexity index is 963. The Labute approximate surface area is 180 Å². The van der Waals surface area contributed by atoms with Crippen LogP contribution < -0.4 is 0 Å². The molecule has 0 heterocycles. The van der Waals surface area contributed by atoms with Crippen LogP contribution in [0.5, 0.6) is 0 Å². The van der Waals surface area contributed by atoms with Gasteiger partial charge in [-0.25, -0.2) is 9.59 Å². The van der Waals surface area contributed by atoms with Crippen molar-refractivity contribution in [1.29, 1.82) is 0 Å². The molecule has 2 aromatic carbocycles. The maximum Gasteiger partial charge on any atom is 0.338 e. The molecule has 2 aromatic rings. The van der Waals surface area contributed by atoms with Crippen molar-refractivity contribution in [3.05, 3.63) is 71.8 Å². The van der Waals surface area contributed by atoms with E-state index < -0.39 is 39.3 Å². The van der Waals surface area contributed by atoms with Gasteiger partial charge in [0.1, 0.15) is 5.21 Å². The van der Waals surface area contributed by atoms with E-state index in [1.54, 1.807) is 60.7 Å². The summed E-state index contributed by atoms with van der Waals surface area (Å²) in [6, 6.07) is 17.0. The SMILES string of the molecule is O=C(OCC1CC(OS(=O)(=O)CCl)C1COC(=O)c1ccccc1)c1ccccc1. The number of esters is 2. The lowest BCUT2D eigenvalue weighted by molar-refractivity contribution is -0.0704. The van der Waals surface area contributed by atoms with Crippen LogP contribution in [0.15, 0.2) is 60.7 Å². The lowest BCUT2D eigenvalue weighted by Gasteiger charge is -2.42. The van der Waals surface area contributed by atoms with Crippen LogP contribution in [0.1, 0.15) is 27.1 Å². The number of carbonyl (C=O) groups is 2. The van der Waals surface area contributed by atoms with Crippen LogP contribution in [0.3, 0.4) is 0 Å². The van der Waals surface area contributed by atoms with Gasteiger partial charge in [0.15, 0.2) is 0 Å². The smallest absolute Gasteiger partial charge is 0.338 e. The molecule has 3 unspecified atom stereocenters. The van der Waals surface area contributed by atoms with Gasteiger partial charge in [-0.1, -0.05) is 36.4 Å². The number of alkyl halides is 1. The van der Waals surface area contributed by atoms with E-state index in [0.29, 0.717) is 17.5 Å². The zero-order valence-corrected chi connectivity index (χ0v) is 17.6. The van der Waals surface area contributed by atoms with Gasteiger partial charge in [-0.05, 0) is 30.7 Å². The minimum absolute atomic E-state index is 0.0576. The molecule has 0 N–H and O–H groups in total. The van der Waals surface area contributed by atoms with Crippen molar-refractivity contribution in [2.75, 3.05) is 18.4 Å². The van der Waals surface area contributed by atoms with Crippen LogP contribution >= 0.6 is 11.6 Å². The van der Waals surface area contributed by atoms with Gasteiger partial charge in [0.2, 0.25) is 0 Å². The van der Waals surface area contributed by atoms with Crippen LogP contribution in [-0.4, -0.2) is 44.9 Å². The Morgan fingerprint density at radius 1 is 0.867 bits per heavy atom. The van der Waals surface area contributed by atoms with Crippen LogP contribution in [0.25, 0.3) is 0 Å². The second-order valence-electron chi connectivity index (χ2n) is 6.89. The summed E-state index contributed by atoms with van der Waals surface area (Å²) in [7, 11) is -3.88. The van der Waals surface area contributed by atoms with Crippen molar-refractivity contribution >= 4 is 33.7 Å². The Kier molecular flexibility index (Phi) is 7.47. The summed E-state index contributed by atoms with van der Waals surface area (Å²) in [6.45, 7) is -0.00812. The molecule has 1 aliphatic carbocycles. The van der Waals surface area contributed by atoms with E-state index >= 15 is 0 Å². The first-order chi connectivity index (χ1) is 14.4. The summed E-state index contributed by atoms with van der Waals surface area (Å²) in [6.07, 6.45) is -0.357. The third-order valence-corrected chi connectivity index (χ3v) is 6.49. The average Bonchev–Trinajstić information content (AvgIpc) is 2.76. The highest BCUT2D eigenvalue weighted by Crippen LogP contribution is 2.39. The normalized spacial score (nSPS) is 20.8. The van der Waals surface area contributed by atoms with E-state index in [4.69, 9.17) is 25.3 Å². The van der Waals surface area contributed by atoms with Crippen molar-refractivity contribution in [3.63, 3.8) is 0 Å². The van der Waals surface area contributed by atoms with Crippen molar-refractivity contribution in [2.45, 2.75) is 12.5 Å². The molecular weight excluding hydrogens is 432 g/mol. The molecule has 1 aliphatic rings. The number of ether oxygens (including phenoxy) is 2. The summed E-state index contributed by atoms with van der Waals surface area (Å²) in [5.74, 6) is -1.66. The van der Waals surface area contributed by atoms with Gasteiger partial charge >= 0.3 is 11.9 Å². The van der Waals surface area contributed by atoms with Crippen LogP contribution in [0.2, 0.25) is 0 Å². The van der Waals surface area contributed by atoms with E-state index in [2.05, 4.69) is 0 Å². The predicted octanol–water partition coefficient (Wildman–Crippen LogP) is 3.25. The zero-order valence-electron chi connectivity index (χ0n) is 16.0. The molecular formula is C21H21ClO7S. The Hall–Kier alpha value is -2.42. The van der Waals surface area contributed by atoms with Crippen LogP contribution in [0.4, 0.5) is 0 Å². The second kappa shape index (κ2) is 10.1. The van der Waals surface area contributed by atoms with E-state index in [1.165, 1.54) is 0 Å². The van der Waals surface area contributed by atoms with Crippen molar-refractivity contribution in [2.24, 2.45) is 11.8 Å². The first kappa shape index (κ1) is 22.3. The molecule has 7 nitrogen and oxygen atoms in total. The highest BCUT2D eigenvalue weighted by atomic mass is 35.5. The van der Waals surface area contributed by atoms with Gasteiger partial charge in [0.25, 0.3) is 10.1 Å². The molecule has 1 fully saturated rings. The molecule has 0 bridgehead atoms. The fourth-order valence-corrected chi connectivity index (χ4v) is 3.99. The molecule has 0 aliphatic heterocycles. The third kappa shape index (κ3) is 5.81. The quantitative estimate of drug-likeness (QED) is 0.327. The summed E-state index contributed by atoms with van der Waals surface area (Å²) < 4.78 is 39.2. The van der Waals surface area contributed by atoms with Crippen molar-refractivity contribution in [1.82, 2.24) is 0 Å². The van der Waals surface area contributed by atoms with Crippen molar-refractivity contribution in [3.8, 4) is 0 Å². The summed E-state index contributed by atoms with van der Waals surface area (Å²) in [4.78, 5) is 24.4. The molecule has 0 amide bonds. The van der Waals surface area contributed by atoms with Gasteiger partial charge in [-0.2, -0.15) is 8.42 Å².